The van der Waals surface area contributed by atoms with E-state index in [4.69, 9.17) is 27.9 Å². The molecule has 90 valence electrons. The third kappa shape index (κ3) is 4.32. The summed E-state index contributed by atoms with van der Waals surface area (Å²) in [5, 5.41) is 0.859. The maximum absolute atomic E-state index is 6.05. The molecule has 0 aliphatic heterocycles. The number of halogens is 6. The second kappa shape index (κ2) is 7.19. The summed E-state index contributed by atoms with van der Waals surface area (Å²) < 4.78 is 7.31. The van der Waals surface area contributed by atoms with Gasteiger partial charge in [-0.1, -0.05) is 55.1 Å². The van der Waals surface area contributed by atoms with Crippen LogP contribution in [0.15, 0.2) is 15.0 Å². The second-order valence-electron chi connectivity index (χ2n) is 2.83. The lowest BCUT2D eigenvalue weighted by Crippen LogP contribution is -2.01. The van der Waals surface area contributed by atoms with E-state index in [1.165, 1.54) is 0 Å². The van der Waals surface area contributed by atoms with Crippen LogP contribution in [0.3, 0.4) is 0 Å². The molecular formula is C9H6Br4Cl2O. The van der Waals surface area contributed by atoms with Crippen LogP contribution in [0.1, 0.15) is 6.42 Å². The molecule has 0 radical (unpaired) electrons. The van der Waals surface area contributed by atoms with Gasteiger partial charge in [-0.2, -0.15) is 0 Å². The van der Waals surface area contributed by atoms with E-state index in [1.54, 1.807) is 6.07 Å². The van der Waals surface area contributed by atoms with Gasteiger partial charge in [0.1, 0.15) is 10.8 Å². The summed E-state index contributed by atoms with van der Waals surface area (Å²) in [5.41, 5.74) is 0. The molecule has 1 aromatic rings. The largest absolute Gasteiger partial charge is 0.492 e. The first kappa shape index (κ1) is 15.6. The fourth-order valence-electron chi connectivity index (χ4n) is 0.914. The van der Waals surface area contributed by atoms with Crippen molar-refractivity contribution in [2.45, 2.75) is 10.2 Å². The smallest absolute Gasteiger partial charge is 0.140 e. The SMILES string of the molecule is Clc1c(OCCC(Br)Br)cc(Br)c(Br)c1Cl. The van der Waals surface area contributed by atoms with Crippen LogP contribution in [0.4, 0.5) is 0 Å². The Morgan fingerprint density at radius 1 is 1.19 bits per heavy atom. The van der Waals surface area contributed by atoms with E-state index in [-0.39, 0.29) is 3.74 Å². The van der Waals surface area contributed by atoms with Gasteiger partial charge in [0.05, 0.1) is 19.8 Å². The van der Waals surface area contributed by atoms with E-state index in [0.29, 0.717) is 22.4 Å². The molecule has 0 fully saturated rings. The molecule has 0 unspecified atom stereocenters. The predicted octanol–water partition coefficient (Wildman–Crippen LogP) is 6.40. The third-order valence-corrected chi connectivity index (χ3v) is 5.64. The van der Waals surface area contributed by atoms with E-state index in [9.17, 15) is 0 Å². The number of benzene rings is 1. The minimum atomic E-state index is 0.230. The summed E-state index contributed by atoms with van der Waals surface area (Å²) >= 11 is 25.5. The van der Waals surface area contributed by atoms with Gasteiger partial charge in [0.2, 0.25) is 0 Å². The minimum absolute atomic E-state index is 0.230. The fraction of sp³-hybridized carbons (Fsp3) is 0.333. The van der Waals surface area contributed by atoms with Crippen LogP contribution in [0.25, 0.3) is 0 Å². The molecule has 0 atom stereocenters. The van der Waals surface area contributed by atoms with Gasteiger partial charge in [-0.15, -0.1) is 0 Å². The van der Waals surface area contributed by atoms with Crippen LogP contribution in [0, 0.1) is 0 Å². The van der Waals surface area contributed by atoms with Crippen molar-refractivity contribution >= 4 is 86.9 Å². The highest BCUT2D eigenvalue weighted by molar-refractivity contribution is 9.24. The van der Waals surface area contributed by atoms with Crippen molar-refractivity contribution in [2.75, 3.05) is 6.61 Å². The number of rotatable bonds is 4. The number of alkyl halides is 2. The van der Waals surface area contributed by atoms with E-state index >= 15 is 0 Å². The highest BCUT2D eigenvalue weighted by atomic mass is 79.9. The van der Waals surface area contributed by atoms with Crippen molar-refractivity contribution in [3.05, 3.63) is 25.1 Å². The lowest BCUT2D eigenvalue weighted by atomic mass is 10.3. The Balaban J connectivity index is 2.81. The van der Waals surface area contributed by atoms with Crippen LogP contribution >= 0.6 is 86.9 Å². The molecule has 1 nitrogen and oxygen atoms in total. The molecule has 0 aliphatic rings. The van der Waals surface area contributed by atoms with Crippen LogP contribution < -0.4 is 4.74 Å². The van der Waals surface area contributed by atoms with E-state index in [1.807, 2.05) is 0 Å². The number of ether oxygens (including phenoxy) is 1. The van der Waals surface area contributed by atoms with Gasteiger partial charge in [-0.05, 0) is 37.9 Å². The molecule has 1 aromatic carbocycles. The summed E-state index contributed by atoms with van der Waals surface area (Å²) in [6.45, 7) is 0.547. The average molecular weight is 521 g/mol. The Bertz CT molecular complexity index is 384. The van der Waals surface area contributed by atoms with Gasteiger partial charge >= 0.3 is 0 Å². The van der Waals surface area contributed by atoms with Crippen molar-refractivity contribution in [2.24, 2.45) is 0 Å². The highest BCUT2D eigenvalue weighted by Gasteiger charge is 2.13. The molecule has 0 aliphatic carbocycles. The van der Waals surface area contributed by atoms with Crippen molar-refractivity contribution < 1.29 is 4.74 Å². The molecule has 0 spiro atoms. The Kier molecular flexibility index (Phi) is 7.00. The fourth-order valence-corrected chi connectivity index (χ4v) is 2.63. The van der Waals surface area contributed by atoms with Gasteiger partial charge in [0.15, 0.2) is 0 Å². The molecule has 16 heavy (non-hydrogen) atoms. The second-order valence-corrected chi connectivity index (χ2v) is 8.67. The predicted molar refractivity (Wildman–Crippen MR) is 83.6 cm³/mol. The quantitative estimate of drug-likeness (QED) is 0.254. The summed E-state index contributed by atoms with van der Waals surface area (Å²) in [6, 6.07) is 1.79. The molecule has 0 saturated heterocycles. The van der Waals surface area contributed by atoms with Crippen molar-refractivity contribution in [1.82, 2.24) is 0 Å². The third-order valence-electron chi connectivity index (χ3n) is 1.66. The first-order valence-corrected chi connectivity index (χ1v) is 8.34. The minimum Gasteiger partial charge on any atom is -0.492 e. The molecule has 0 heterocycles. The molecule has 1 rings (SSSR count). The maximum Gasteiger partial charge on any atom is 0.140 e. The normalized spacial score (nSPS) is 10.9. The number of hydrogen-bond donors (Lipinski definition) is 0. The molecule has 0 amide bonds. The number of hydrogen-bond acceptors (Lipinski definition) is 1. The first-order valence-electron chi connectivity index (χ1n) is 4.17. The van der Waals surface area contributed by atoms with E-state index in [2.05, 4.69) is 63.7 Å². The monoisotopic (exact) mass is 516 g/mol. The Morgan fingerprint density at radius 3 is 2.38 bits per heavy atom. The summed E-state index contributed by atoms with van der Waals surface area (Å²) in [5.74, 6) is 0.572. The Hall–Kier alpha value is 1.52. The zero-order valence-corrected chi connectivity index (χ0v) is 15.6. The summed E-state index contributed by atoms with van der Waals surface area (Å²) in [4.78, 5) is 0. The molecule has 0 aromatic heterocycles. The van der Waals surface area contributed by atoms with E-state index < -0.39 is 0 Å². The molecule has 0 saturated carbocycles. The zero-order chi connectivity index (χ0) is 12.3. The van der Waals surface area contributed by atoms with Gasteiger partial charge < -0.3 is 4.74 Å². The van der Waals surface area contributed by atoms with Gasteiger partial charge in [0.25, 0.3) is 0 Å². The van der Waals surface area contributed by atoms with E-state index in [0.717, 1.165) is 15.4 Å². The average Bonchev–Trinajstić information content (AvgIpc) is 2.22. The topological polar surface area (TPSA) is 9.23 Å². The highest BCUT2D eigenvalue weighted by Crippen LogP contribution is 2.42. The van der Waals surface area contributed by atoms with Crippen LogP contribution in [-0.4, -0.2) is 10.3 Å². The Morgan fingerprint density at radius 2 is 1.81 bits per heavy atom. The molecule has 0 bridgehead atoms. The molecular weight excluding hydrogens is 515 g/mol. The van der Waals surface area contributed by atoms with Crippen LogP contribution in [-0.2, 0) is 0 Å². The van der Waals surface area contributed by atoms with Gasteiger partial charge in [-0.3, -0.25) is 0 Å². The van der Waals surface area contributed by atoms with Gasteiger partial charge in [0, 0.05) is 10.9 Å². The first-order chi connectivity index (χ1) is 7.43. The summed E-state index contributed by atoms with van der Waals surface area (Å²) in [7, 11) is 0. The van der Waals surface area contributed by atoms with Crippen molar-refractivity contribution in [1.29, 1.82) is 0 Å². The summed E-state index contributed by atoms with van der Waals surface area (Å²) in [6.07, 6.45) is 0.821. The van der Waals surface area contributed by atoms with Crippen LogP contribution in [0.2, 0.25) is 10.0 Å². The van der Waals surface area contributed by atoms with Crippen LogP contribution in [0.5, 0.6) is 5.75 Å². The maximum atomic E-state index is 6.05. The lowest BCUT2D eigenvalue weighted by Gasteiger charge is -2.11. The zero-order valence-electron chi connectivity index (χ0n) is 7.74. The van der Waals surface area contributed by atoms with Crippen molar-refractivity contribution in [3.8, 4) is 5.75 Å². The molecule has 0 N–H and O–H groups in total. The molecule has 7 heteroatoms. The Labute approximate surface area is 138 Å². The lowest BCUT2D eigenvalue weighted by molar-refractivity contribution is 0.317. The van der Waals surface area contributed by atoms with Gasteiger partial charge in [-0.25, -0.2) is 0 Å². The van der Waals surface area contributed by atoms with Crippen molar-refractivity contribution in [3.63, 3.8) is 0 Å². The standard InChI is InChI=1S/C9H6Br4Cl2O/c10-4-3-5(16-2-1-6(11)12)8(14)9(15)7(4)13/h3,6H,1-2H2.